The summed E-state index contributed by atoms with van der Waals surface area (Å²) in [5.74, 6) is -4.08. The highest BCUT2D eigenvalue weighted by atomic mass is 16.6. The molecule has 27 heavy (non-hydrogen) atoms. The number of rotatable bonds is 6. The van der Waals surface area contributed by atoms with E-state index in [4.69, 9.17) is 14.6 Å². The second kappa shape index (κ2) is 8.13. The van der Waals surface area contributed by atoms with Gasteiger partial charge < -0.3 is 19.5 Å². The minimum Gasteiger partial charge on any atom is -0.480 e. The first-order valence-corrected chi connectivity index (χ1v) is 7.61. The molecule has 0 fully saturated rings. The number of aliphatic carboxylic acids is 1. The lowest BCUT2D eigenvalue weighted by Crippen LogP contribution is -2.31. The van der Waals surface area contributed by atoms with Gasteiger partial charge in [-0.2, -0.15) is 0 Å². The van der Waals surface area contributed by atoms with Crippen LogP contribution in [0.2, 0.25) is 0 Å². The number of carbonyl (C=O) groups excluding carboxylic acids is 2. The minimum absolute atomic E-state index is 0.0748. The van der Waals surface area contributed by atoms with Crippen LogP contribution in [0.5, 0.6) is 0 Å². The van der Waals surface area contributed by atoms with Gasteiger partial charge in [0.15, 0.2) is 0 Å². The van der Waals surface area contributed by atoms with Crippen molar-refractivity contribution in [1.82, 2.24) is 4.90 Å². The first kappa shape index (κ1) is 19.6. The van der Waals surface area contributed by atoms with Gasteiger partial charge in [0.05, 0.1) is 36.2 Å². The summed E-state index contributed by atoms with van der Waals surface area (Å²) in [5.41, 5.74) is -0.489. The van der Waals surface area contributed by atoms with E-state index in [1.807, 2.05) is 0 Å². The topological polar surface area (TPSA) is 136 Å². The largest absolute Gasteiger partial charge is 0.480 e. The third-order valence-electron chi connectivity index (χ3n) is 3.84. The predicted octanol–water partition coefficient (Wildman–Crippen LogP) is 1.19. The monoisotopic (exact) mass is 376 g/mol. The molecule has 0 radical (unpaired) electrons. The van der Waals surface area contributed by atoms with E-state index in [1.54, 1.807) is 0 Å². The summed E-state index contributed by atoms with van der Waals surface area (Å²) in [6, 6.07) is 5.62. The predicted molar refractivity (Wildman–Crippen MR) is 90.4 cm³/mol. The molecular formula is C17H16N2O8. The number of para-hydroxylation sites is 1. The van der Waals surface area contributed by atoms with Crippen molar-refractivity contribution in [1.29, 1.82) is 0 Å². The van der Waals surface area contributed by atoms with Gasteiger partial charge in [0.2, 0.25) is 0 Å². The molecule has 10 nitrogen and oxygen atoms in total. The molecule has 0 atom stereocenters. The average Bonchev–Trinajstić information content (AvgIpc) is 2.65. The van der Waals surface area contributed by atoms with E-state index in [0.717, 1.165) is 19.1 Å². The summed E-state index contributed by atoms with van der Waals surface area (Å²) >= 11 is 0. The van der Waals surface area contributed by atoms with Crippen molar-refractivity contribution in [2.24, 2.45) is 0 Å². The van der Waals surface area contributed by atoms with Crippen LogP contribution < -0.4 is 0 Å². The van der Waals surface area contributed by atoms with Crippen molar-refractivity contribution in [2.75, 3.05) is 20.8 Å². The Kier molecular flexibility index (Phi) is 5.91. The van der Waals surface area contributed by atoms with Gasteiger partial charge in [-0.05, 0) is 0 Å². The zero-order valence-electron chi connectivity index (χ0n) is 14.4. The smallest absolute Gasteiger partial charge is 0.336 e. The molecule has 1 aliphatic rings. The van der Waals surface area contributed by atoms with E-state index in [1.165, 1.54) is 36.7 Å². The van der Waals surface area contributed by atoms with Gasteiger partial charge in [-0.1, -0.05) is 18.2 Å². The molecule has 0 amide bonds. The summed E-state index contributed by atoms with van der Waals surface area (Å²) in [5, 5.41) is 20.4. The standard InChI is InChI=1S/C17H16N2O8/c1-26-16(22)11-7-18(9-14(20)21)8-12(17(23)27-2)15(11)10-5-3-4-6-13(10)19(24)25/h3-8,15H,9H2,1-2H3,(H,20,21). The number of ether oxygens (including phenoxy) is 2. The lowest BCUT2D eigenvalue weighted by atomic mass is 9.82. The van der Waals surface area contributed by atoms with Crippen LogP contribution in [0, 0.1) is 10.1 Å². The molecule has 0 saturated carbocycles. The molecule has 1 aliphatic heterocycles. The van der Waals surface area contributed by atoms with Gasteiger partial charge in [-0.25, -0.2) is 9.59 Å². The van der Waals surface area contributed by atoms with E-state index in [9.17, 15) is 24.5 Å². The Labute approximate surface area is 153 Å². The molecule has 10 heteroatoms. The summed E-state index contributed by atoms with van der Waals surface area (Å²) in [6.07, 6.45) is 2.38. The van der Waals surface area contributed by atoms with Crippen molar-refractivity contribution in [2.45, 2.75) is 5.92 Å². The molecule has 1 N–H and O–H groups in total. The normalized spacial score (nSPS) is 14.1. The number of carboxylic acid groups (broad SMARTS) is 1. The number of hydrogen-bond donors (Lipinski definition) is 1. The number of nitrogens with zero attached hydrogens (tertiary/aromatic N) is 2. The zero-order chi connectivity index (χ0) is 20.1. The minimum atomic E-state index is -1.21. The number of benzene rings is 1. The van der Waals surface area contributed by atoms with Gasteiger partial charge in [0.25, 0.3) is 5.69 Å². The summed E-state index contributed by atoms with van der Waals surface area (Å²) in [6.45, 7) is -0.537. The highest BCUT2D eigenvalue weighted by Gasteiger charge is 2.38. The Morgan fingerprint density at radius 3 is 2.07 bits per heavy atom. The van der Waals surface area contributed by atoms with Gasteiger partial charge in [0.1, 0.15) is 6.54 Å². The molecule has 0 bridgehead atoms. The Morgan fingerprint density at radius 1 is 1.11 bits per heavy atom. The molecule has 0 spiro atoms. The molecule has 0 aromatic heterocycles. The summed E-state index contributed by atoms with van der Waals surface area (Å²) in [4.78, 5) is 47.5. The number of nitro benzene ring substituents is 1. The fraction of sp³-hybridized carbons (Fsp3) is 0.235. The van der Waals surface area contributed by atoms with Crippen molar-refractivity contribution in [3.63, 3.8) is 0 Å². The Balaban J connectivity index is 2.71. The maximum absolute atomic E-state index is 12.3. The second-order valence-corrected chi connectivity index (χ2v) is 5.47. The van der Waals surface area contributed by atoms with Gasteiger partial charge in [-0.3, -0.25) is 14.9 Å². The molecule has 2 rings (SSSR count). The molecule has 1 heterocycles. The van der Waals surface area contributed by atoms with E-state index in [-0.39, 0.29) is 22.4 Å². The van der Waals surface area contributed by atoms with Gasteiger partial charge in [0, 0.05) is 24.0 Å². The molecule has 0 aliphatic carbocycles. The van der Waals surface area contributed by atoms with Crippen LogP contribution in [0.1, 0.15) is 11.5 Å². The fourth-order valence-electron chi connectivity index (χ4n) is 2.77. The average molecular weight is 376 g/mol. The second-order valence-electron chi connectivity index (χ2n) is 5.47. The third kappa shape index (κ3) is 4.11. The quantitative estimate of drug-likeness (QED) is 0.441. The highest BCUT2D eigenvalue weighted by Crippen LogP contribution is 2.40. The summed E-state index contributed by atoms with van der Waals surface area (Å²) < 4.78 is 9.45. The zero-order valence-corrected chi connectivity index (χ0v) is 14.4. The number of carbonyl (C=O) groups is 3. The number of methoxy groups -OCH3 is 2. The first-order valence-electron chi connectivity index (χ1n) is 7.61. The van der Waals surface area contributed by atoms with E-state index >= 15 is 0 Å². The third-order valence-corrected chi connectivity index (χ3v) is 3.84. The number of hydrogen-bond acceptors (Lipinski definition) is 8. The van der Waals surface area contributed by atoms with Crippen LogP contribution >= 0.6 is 0 Å². The SMILES string of the molecule is COC(=O)C1=CN(CC(=O)O)C=C(C(=O)OC)C1c1ccccc1[N+](=O)[O-]. The summed E-state index contributed by atoms with van der Waals surface area (Å²) in [7, 11) is 2.22. The Morgan fingerprint density at radius 2 is 1.63 bits per heavy atom. The van der Waals surface area contributed by atoms with Crippen molar-refractivity contribution >= 4 is 23.6 Å². The highest BCUT2D eigenvalue weighted by molar-refractivity contribution is 5.99. The van der Waals surface area contributed by atoms with E-state index in [2.05, 4.69) is 0 Å². The van der Waals surface area contributed by atoms with Crippen molar-refractivity contribution in [3.05, 3.63) is 63.5 Å². The molecule has 142 valence electrons. The van der Waals surface area contributed by atoms with Gasteiger partial charge in [-0.15, -0.1) is 0 Å². The Hall–Kier alpha value is -3.69. The van der Waals surface area contributed by atoms with E-state index < -0.39 is 35.3 Å². The maximum atomic E-state index is 12.3. The van der Waals surface area contributed by atoms with Crippen molar-refractivity contribution < 1.29 is 33.9 Å². The fourth-order valence-corrected chi connectivity index (χ4v) is 2.77. The first-order chi connectivity index (χ1) is 12.8. The van der Waals surface area contributed by atoms with Crippen LogP contribution in [-0.4, -0.2) is 53.6 Å². The van der Waals surface area contributed by atoms with E-state index in [0.29, 0.717) is 0 Å². The van der Waals surface area contributed by atoms with Crippen LogP contribution in [0.15, 0.2) is 47.8 Å². The van der Waals surface area contributed by atoms with Crippen LogP contribution in [-0.2, 0) is 23.9 Å². The number of carboxylic acids is 1. The molecular weight excluding hydrogens is 360 g/mol. The van der Waals surface area contributed by atoms with Gasteiger partial charge >= 0.3 is 17.9 Å². The molecule has 1 aromatic carbocycles. The van der Waals surface area contributed by atoms with Crippen LogP contribution in [0.3, 0.4) is 0 Å². The Bertz CT molecular complexity index is 824. The molecule has 0 unspecified atom stereocenters. The number of nitro groups is 1. The molecule has 0 saturated heterocycles. The maximum Gasteiger partial charge on any atom is 0.336 e. The lowest BCUT2D eigenvalue weighted by Gasteiger charge is -2.29. The van der Waals surface area contributed by atoms with Crippen molar-refractivity contribution in [3.8, 4) is 0 Å². The lowest BCUT2D eigenvalue weighted by molar-refractivity contribution is -0.385. The molecule has 1 aromatic rings. The van der Waals surface area contributed by atoms with Crippen LogP contribution in [0.25, 0.3) is 0 Å². The van der Waals surface area contributed by atoms with Crippen LogP contribution in [0.4, 0.5) is 5.69 Å². The number of esters is 2.